The van der Waals surface area contributed by atoms with E-state index in [9.17, 15) is 19.7 Å². The Morgan fingerprint density at radius 2 is 1.92 bits per heavy atom. The lowest BCUT2D eigenvalue weighted by molar-refractivity contribution is -0.385. The van der Waals surface area contributed by atoms with E-state index in [1.807, 2.05) is 6.92 Å². The molecule has 0 aliphatic carbocycles. The van der Waals surface area contributed by atoms with Crippen molar-refractivity contribution in [2.24, 2.45) is 0 Å². The first-order valence-electron chi connectivity index (χ1n) is 7.56. The van der Waals surface area contributed by atoms with Gasteiger partial charge in [0, 0.05) is 34.3 Å². The van der Waals surface area contributed by atoms with Gasteiger partial charge in [-0.3, -0.25) is 19.7 Å². The van der Waals surface area contributed by atoms with Crippen LogP contribution in [-0.2, 0) is 0 Å². The number of anilines is 1. The molecule has 0 aliphatic heterocycles. The predicted molar refractivity (Wildman–Crippen MR) is 95.1 cm³/mol. The monoisotopic (exact) mass is 337 g/mol. The molecule has 0 atom stereocenters. The normalized spacial score (nSPS) is 10.6. The van der Waals surface area contributed by atoms with Crippen LogP contribution < -0.4 is 10.9 Å². The van der Waals surface area contributed by atoms with Gasteiger partial charge in [0.15, 0.2) is 0 Å². The van der Waals surface area contributed by atoms with E-state index in [0.717, 1.165) is 10.9 Å². The fraction of sp³-hybridized carbons (Fsp3) is 0.111. The first kappa shape index (κ1) is 16.4. The van der Waals surface area contributed by atoms with Gasteiger partial charge in [-0.15, -0.1) is 0 Å². The van der Waals surface area contributed by atoms with Gasteiger partial charge in [-0.2, -0.15) is 0 Å². The van der Waals surface area contributed by atoms with Gasteiger partial charge in [-0.05, 0) is 37.6 Å². The van der Waals surface area contributed by atoms with Crippen LogP contribution in [0.1, 0.15) is 21.5 Å². The second-order valence-corrected chi connectivity index (χ2v) is 5.74. The van der Waals surface area contributed by atoms with Gasteiger partial charge in [0.1, 0.15) is 0 Å². The summed E-state index contributed by atoms with van der Waals surface area (Å²) in [7, 11) is 0. The van der Waals surface area contributed by atoms with Crippen molar-refractivity contribution in [2.45, 2.75) is 13.8 Å². The van der Waals surface area contributed by atoms with Gasteiger partial charge in [0.25, 0.3) is 11.6 Å². The second kappa shape index (κ2) is 6.20. The van der Waals surface area contributed by atoms with Crippen LogP contribution in [0.4, 0.5) is 11.4 Å². The molecule has 126 valence electrons. The van der Waals surface area contributed by atoms with Crippen LogP contribution in [-0.4, -0.2) is 15.8 Å². The highest BCUT2D eigenvalue weighted by molar-refractivity contribution is 6.06. The van der Waals surface area contributed by atoms with E-state index in [1.165, 1.54) is 31.2 Å². The van der Waals surface area contributed by atoms with Gasteiger partial charge in [0.05, 0.1) is 10.4 Å². The molecule has 0 bridgehead atoms. The Morgan fingerprint density at radius 1 is 1.16 bits per heavy atom. The van der Waals surface area contributed by atoms with Gasteiger partial charge < -0.3 is 10.3 Å². The molecule has 3 aromatic rings. The quantitative estimate of drug-likeness (QED) is 0.565. The molecular formula is C18H15N3O4. The Kier molecular flexibility index (Phi) is 4.06. The molecule has 0 saturated carbocycles. The molecule has 7 heteroatoms. The number of amides is 1. The van der Waals surface area contributed by atoms with Gasteiger partial charge in [0.2, 0.25) is 5.56 Å². The number of aromatic nitrogens is 1. The fourth-order valence-electron chi connectivity index (χ4n) is 2.78. The van der Waals surface area contributed by atoms with E-state index >= 15 is 0 Å². The Hall–Kier alpha value is -3.48. The van der Waals surface area contributed by atoms with Crippen molar-refractivity contribution < 1.29 is 9.72 Å². The molecule has 1 heterocycles. The number of aryl methyl sites for hydroxylation is 1. The van der Waals surface area contributed by atoms with Gasteiger partial charge in [-0.25, -0.2) is 0 Å². The third kappa shape index (κ3) is 3.12. The summed E-state index contributed by atoms with van der Waals surface area (Å²) in [5.74, 6) is -0.449. The molecule has 0 fully saturated rings. The van der Waals surface area contributed by atoms with E-state index in [1.54, 1.807) is 18.2 Å². The number of nitrogens with zero attached hydrogens (tertiary/aromatic N) is 1. The molecule has 0 spiro atoms. The number of aromatic amines is 1. The highest BCUT2D eigenvalue weighted by atomic mass is 16.6. The highest BCUT2D eigenvalue weighted by Gasteiger charge is 2.18. The number of hydrogen-bond acceptors (Lipinski definition) is 4. The van der Waals surface area contributed by atoms with E-state index in [-0.39, 0.29) is 16.8 Å². The third-order valence-electron chi connectivity index (χ3n) is 4.05. The lowest BCUT2D eigenvalue weighted by Gasteiger charge is -2.09. The van der Waals surface area contributed by atoms with Crippen LogP contribution in [0.25, 0.3) is 10.9 Å². The lowest BCUT2D eigenvalue weighted by atomic mass is 10.1. The summed E-state index contributed by atoms with van der Waals surface area (Å²) in [6.45, 7) is 3.37. The Morgan fingerprint density at radius 3 is 2.64 bits per heavy atom. The molecule has 3 rings (SSSR count). The smallest absolute Gasteiger partial charge is 0.273 e. The number of carbonyl (C=O) groups is 1. The molecule has 1 aromatic heterocycles. The zero-order valence-electron chi connectivity index (χ0n) is 13.6. The third-order valence-corrected chi connectivity index (χ3v) is 4.05. The van der Waals surface area contributed by atoms with Crippen molar-refractivity contribution >= 4 is 28.2 Å². The average Bonchev–Trinajstić information content (AvgIpc) is 2.54. The molecular weight excluding hydrogens is 322 g/mol. The van der Waals surface area contributed by atoms with Crippen LogP contribution in [0.5, 0.6) is 0 Å². The molecule has 0 saturated heterocycles. The molecule has 2 N–H and O–H groups in total. The zero-order chi connectivity index (χ0) is 18.1. The molecule has 0 aliphatic rings. The minimum absolute atomic E-state index is 0.105. The summed E-state index contributed by atoms with van der Waals surface area (Å²) in [5.41, 5.74) is 2.14. The number of nitrogens with one attached hydrogen (secondary N) is 2. The Bertz CT molecular complexity index is 1070. The maximum Gasteiger partial charge on any atom is 0.273 e. The second-order valence-electron chi connectivity index (χ2n) is 5.74. The molecule has 2 aromatic carbocycles. The average molecular weight is 337 g/mol. The number of H-pyrrole nitrogens is 1. The summed E-state index contributed by atoms with van der Waals surface area (Å²) >= 11 is 0. The number of hydrogen-bond donors (Lipinski definition) is 2. The van der Waals surface area contributed by atoms with Crippen molar-refractivity contribution in [2.75, 3.05) is 5.32 Å². The summed E-state index contributed by atoms with van der Waals surface area (Å²) < 4.78 is 0. The van der Waals surface area contributed by atoms with Gasteiger partial charge in [-0.1, -0.05) is 12.1 Å². The van der Waals surface area contributed by atoms with Crippen molar-refractivity contribution in [3.8, 4) is 0 Å². The standard InChI is InChI=1S/C18H15N3O4/c1-10-8-17(22)20-15-9-12(6-7-13(10)15)19-18(23)14-4-3-5-16(11(14)2)21(24)25/h3-9H,1-2H3,(H,19,23)(H,20,22). The minimum Gasteiger partial charge on any atom is -0.322 e. The molecule has 0 unspecified atom stereocenters. The number of pyridine rings is 1. The number of carbonyl (C=O) groups excluding carboxylic acids is 1. The zero-order valence-corrected chi connectivity index (χ0v) is 13.6. The van der Waals surface area contributed by atoms with Crippen LogP contribution >= 0.6 is 0 Å². The van der Waals surface area contributed by atoms with Crippen molar-refractivity contribution in [3.63, 3.8) is 0 Å². The lowest BCUT2D eigenvalue weighted by Crippen LogP contribution is -2.14. The van der Waals surface area contributed by atoms with Crippen molar-refractivity contribution in [3.05, 3.63) is 79.6 Å². The molecule has 0 radical (unpaired) electrons. The number of benzene rings is 2. The first-order valence-corrected chi connectivity index (χ1v) is 7.56. The molecule has 1 amide bonds. The highest BCUT2D eigenvalue weighted by Crippen LogP contribution is 2.23. The number of nitro benzene ring substituents is 1. The molecule has 25 heavy (non-hydrogen) atoms. The van der Waals surface area contributed by atoms with Crippen LogP contribution in [0.2, 0.25) is 0 Å². The summed E-state index contributed by atoms with van der Waals surface area (Å²) in [6.07, 6.45) is 0. The summed E-state index contributed by atoms with van der Waals surface area (Å²) in [5, 5.41) is 14.6. The Balaban J connectivity index is 1.96. The maximum absolute atomic E-state index is 12.5. The Labute approximate surface area is 142 Å². The summed E-state index contributed by atoms with van der Waals surface area (Å²) in [4.78, 5) is 37.3. The topological polar surface area (TPSA) is 105 Å². The first-order chi connectivity index (χ1) is 11.9. The maximum atomic E-state index is 12.5. The SMILES string of the molecule is Cc1c(C(=O)Nc2ccc3c(C)cc(=O)[nH]c3c2)cccc1[N+](=O)[O-]. The van der Waals surface area contributed by atoms with Crippen molar-refractivity contribution in [1.82, 2.24) is 4.98 Å². The fourth-order valence-corrected chi connectivity index (χ4v) is 2.78. The van der Waals surface area contributed by atoms with E-state index in [0.29, 0.717) is 16.8 Å². The van der Waals surface area contributed by atoms with Crippen LogP contribution in [0, 0.1) is 24.0 Å². The number of fused-ring (bicyclic) bond motifs is 1. The van der Waals surface area contributed by atoms with Crippen LogP contribution in [0.3, 0.4) is 0 Å². The van der Waals surface area contributed by atoms with E-state index < -0.39 is 10.8 Å². The number of rotatable bonds is 3. The minimum atomic E-state index is -0.518. The van der Waals surface area contributed by atoms with E-state index in [2.05, 4.69) is 10.3 Å². The number of nitro groups is 1. The molecule has 7 nitrogen and oxygen atoms in total. The largest absolute Gasteiger partial charge is 0.322 e. The van der Waals surface area contributed by atoms with Crippen molar-refractivity contribution in [1.29, 1.82) is 0 Å². The summed E-state index contributed by atoms with van der Waals surface area (Å²) in [6, 6.07) is 11.1. The van der Waals surface area contributed by atoms with Gasteiger partial charge >= 0.3 is 0 Å². The predicted octanol–water partition coefficient (Wildman–Crippen LogP) is 3.31. The van der Waals surface area contributed by atoms with Crippen LogP contribution in [0.15, 0.2) is 47.3 Å². The van der Waals surface area contributed by atoms with E-state index in [4.69, 9.17) is 0 Å².